The number of amides is 1. The second kappa shape index (κ2) is 6.78. The summed E-state index contributed by atoms with van der Waals surface area (Å²) in [5, 5.41) is 8.74. The van der Waals surface area contributed by atoms with E-state index < -0.39 is 5.97 Å². The van der Waals surface area contributed by atoms with Crippen molar-refractivity contribution in [1.29, 1.82) is 0 Å². The predicted octanol–water partition coefficient (Wildman–Crippen LogP) is 2.30. The molecule has 0 fully saturated rings. The van der Waals surface area contributed by atoms with Gasteiger partial charge in [0.05, 0.1) is 18.2 Å². The van der Waals surface area contributed by atoms with Gasteiger partial charge in [0.25, 0.3) is 0 Å². The Morgan fingerprint density at radius 2 is 1.95 bits per heavy atom. The molecule has 1 amide bonds. The lowest BCUT2D eigenvalue weighted by Gasteiger charge is -2.24. The second-order valence-electron chi connectivity index (χ2n) is 4.45. The molecule has 0 radical (unpaired) electrons. The highest BCUT2D eigenvalue weighted by Gasteiger charge is 2.17. The van der Waals surface area contributed by atoms with Crippen LogP contribution in [-0.2, 0) is 9.59 Å². The summed E-state index contributed by atoms with van der Waals surface area (Å²) in [6.45, 7) is 5.33. The van der Waals surface area contributed by atoms with Crippen molar-refractivity contribution in [1.82, 2.24) is 0 Å². The number of rotatable bonds is 6. The van der Waals surface area contributed by atoms with Crippen LogP contribution >= 0.6 is 0 Å². The summed E-state index contributed by atoms with van der Waals surface area (Å²) in [6.07, 6.45) is -0.121. The molecule has 0 atom stereocenters. The van der Waals surface area contributed by atoms with E-state index in [2.05, 4.69) is 0 Å². The Kier molecular flexibility index (Phi) is 5.36. The number of para-hydroxylation sites is 2. The number of anilines is 1. The summed E-state index contributed by atoms with van der Waals surface area (Å²) in [7, 11) is 0. The predicted molar refractivity (Wildman–Crippen MR) is 72.5 cm³/mol. The number of carboxylic acids is 1. The molecule has 5 nitrogen and oxygen atoms in total. The number of hydrogen-bond donors (Lipinski definition) is 1. The number of aliphatic carboxylic acids is 1. The molecule has 0 unspecified atom stereocenters. The van der Waals surface area contributed by atoms with Crippen LogP contribution in [0.15, 0.2) is 24.3 Å². The largest absolute Gasteiger partial charge is 0.489 e. The third-order valence-corrected chi connectivity index (χ3v) is 2.45. The average molecular weight is 265 g/mol. The Bertz CT molecular complexity index is 457. The van der Waals surface area contributed by atoms with Crippen LogP contribution in [0, 0.1) is 0 Å². The van der Waals surface area contributed by atoms with Gasteiger partial charge in [-0.25, -0.2) is 0 Å². The zero-order valence-electron chi connectivity index (χ0n) is 11.4. The second-order valence-corrected chi connectivity index (χ2v) is 4.45. The van der Waals surface area contributed by atoms with Crippen molar-refractivity contribution < 1.29 is 19.4 Å². The minimum atomic E-state index is -0.937. The van der Waals surface area contributed by atoms with Gasteiger partial charge in [0.15, 0.2) is 0 Å². The number of hydrogen-bond acceptors (Lipinski definition) is 3. The summed E-state index contributed by atoms with van der Waals surface area (Å²) >= 11 is 0. The van der Waals surface area contributed by atoms with Gasteiger partial charge >= 0.3 is 5.97 Å². The van der Waals surface area contributed by atoms with Crippen molar-refractivity contribution in [2.75, 3.05) is 11.4 Å². The van der Waals surface area contributed by atoms with E-state index >= 15 is 0 Å². The van der Waals surface area contributed by atoms with Gasteiger partial charge in [0.1, 0.15) is 5.75 Å². The van der Waals surface area contributed by atoms with Crippen LogP contribution in [0.5, 0.6) is 5.75 Å². The normalized spacial score (nSPS) is 10.3. The zero-order valence-corrected chi connectivity index (χ0v) is 11.4. The monoisotopic (exact) mass is 265 g/mol. The van der Waals surface area contributed by atoms with Crippen LogP contribution in [0.1, 0.15) is 27.2 Å². The van der Waals surface area contributed by atoms with Crippen LogP contribution in [0.4, 0.5) is 5.69 Å². The van der Waals surface area contributed by atoms with Gasteiger partial charge < -0.3 is 14.7 Å². The fraction of sp³-hybridized carbons (Fsp3) is 0.429. The quantitative estimate of drug-likeness (QED) is 0.857. The van der Waals surface area contributed by atoms with E-state index in [1.54, 1.807) is 18.2 Å². The Morgan fingerprint density at radius 1 is 1.32 bits per heavy atom. The van der Waals surface area contributed by atoms with Gasteiger partial charge in [-0.15, -0.1) is 0 Å². The van der Waals surface area contributed by atoms with Crippen molar-refractivity contribution >= 4 is 17.6 Å². The van der Waals surface area contributed by atoms with E-state index in [-0.39, 0.29) is 25.0 Å². The van der Waals surface area contributed by atoms with E-state index in [4.69, 9.17) is 9.84 Å². The van der Waals surface area contributed by atoms with E-state index in [1.165, 1.54) is 11.8 Å². The van der Waals surface area contributed by atoms with E-state index in [9.17, 15) is 9.59 Å². The summed E-state index contributed by atoms with van der Waals surface area (Å²) < 4.78 is 5.64. The number of carbonyl (C=O) groups excluding carboxylic acids is 1. The highest BCUT2D eigenvalue weighted by Crippen LogP contribution is 2.29. The molecule has 0 spiro atoms. The molecule has 0 saturated carbocycles. The molecule has 104 valence electrons. The molecule has 0 heterocycles. The fourth-order valence-corrected chi connectivity index (χ4v) is 1.69. The lowest BCUT2D eigenvalue weighted by molar-refractivity contribution is -0.136. The molecule has 0 aliphatic carbocycles. The maximum atomic E-state index is 11.7. The molecule has 0 aliphatic heterocycles. The first kappa shape index (κ1) is 15.0. The molecule has 1 rings (SSSR count). The molecule has 0 aliphatic rings. The molecule has 19 heavy (non-hydrogen) atoms. The van der Waals surface area contributed by atoms with Crippen molar-refractivity contribution in [3.8, 4) is 5.75 Å². The zero-order chi connectivity index (χ0) is 14.4. The number of nitrogens with zero attached hydrogens (tertiary/aromatic N) is 1. The van der Waals surface area contributed by atoms with Crippen molar-refractivity contribution in [3.05, 3.63) is 24.3 Å². The SMILES string of the molecule is CC(=O)N(CCC(=O)O)c1ccccc1OC(C)C. The molecule has 0 bridgehead atoms. The summed E-state index contributed by atoms with van der Waals surface area (Å²) in [4.78, 5) is 23.7. The third-order valence-electron chi connectivity index (χ3n) is 2.45. The molecular formula is C14H19NO4. The standard InChI is InChI=1S/C14H19NO4/c1-10(2)19-13-7-5-4-6-12(13)15(11(3)16)9-8-14(17)18/h4-7,10H,8-9H2,1-3H3,(H,17,18). The first-order valence-corrected chi connectivity index (χ1v) is 6.17. The number of carboxylic acid groups (broad SMARTS) is 1. The molecular weight excluding hydrogens is 246 g/mol. The van der Waals surface area contributed by atoms with Gasteiger partial charge in [0, 0.05) is 13.5 Å². The number of ether oxygens (including phenoxy) is 1. The van der Waals surface area contributed by atoms with Crippen LogP contribution in [0.25, 0.3) is 0 Å². The highest BCUT2D eigenvalue weighted by molar-refractivity contribution is 5.93. The molecule has 1 aromatic carbocycles. The van der Waals surface area contributed by atoms with Gasteiger partial charge in [0.2, 0.25) is 5.91 Å². The summed E-state index contributed by atoms with van der Waals surface area (Å²) in [6, 6.07) is 7.13. The van der Waals surface area contributed by atoms with Gasteiger partial charge in [-0.1, -0.05) is 12.1 Å². The lowest BCUT2D eigenvalue weighted by Crippen LogP contribution is -2.31. The summed E-state index contributed by atoms with van der Waals surface area (Å²) in [5.74, 6) is -0.562. The van der Waals surface area contributed by atoms with E-state index in [0.29, 0.717) is 11.4 Å². The van der Waals surface area contributed by atoms with Crippen molar-refractivity contribution in [2.24, 2.45) is 0 Å². The first-order chi connectivity index (χ1) is 8.91. The molecule has 5 heteroatoms. The maximum Gasteiger partial charge on any atom is 0.305 e. The van der Waals surface area contributed by atoms with E-state index in [1.807, 2.05) is 19.9 Å². The first-order valence-electron chi connectivity index (χ1n) is 6.17. The minimum Gasteiger partial charge on any atom is -0.489 e. The van der Waals surface area contributed by atoms with Crippen LogP contribution < -0.4 is 9.64 Å². The molecule has 1 aromatic rings. The minimum absolute atomic E-state index is 0.0190. The van der Waals surface area contributed by atoms with Crippen LogP contribution in [-0.4, -0.2) is 29.6 Å². The van der Waals surface area contributed by atoms with E-state index in [0.717, 1.165) is 0 Å². The van der Waals surface area contributed by atoms with Gasteiger partial charge in [-0.2, -0.15) is 0 Å². The fourth-order valence-electron chi connectivity index (χ4n) is 1.69. The molecule has 0 aromatic heterocycles. The van der Waals surface area contributed by atoms with Crippen molar-refractivity contribution in [3.63, 3.8) is 0 Å². The lowest BCUT2D eigenvalue weighted by atomic mass is 10.2. The number of benzene rings is 1. The van der Waals surface area contributed by atoms with Crippen molar-refractivity contribution in [2.45, 2.75) is 33.3 Å². The van der Waals surface area contributed by atoms with Crippen LogP contribution in [0.2, 0.25) is 0 Å². The smallest absolute Gasteiger partial charge is 0.305 e. The summed E-state index contributed by atoms with van der Waals surface area (Å²) in [5.41, 5.74) is 0.602. The maximum absolute atomic E-state index is 11.7. The molecule has 0 saturated heterocycles. The van der Waals surface area contributed by atoms with Gasteiger partial charge in [-0.3, -0.25) is 9.59 Å². The Morgan fingerprint density at radius 3 is 2.47 bits per heavy atom. The van der Waals surface area contributed by atoms with Gasteiger partial charge in [-0.05, 0) is 26.0 Å². The average Bonchev–Trinajstić information content (AvgIpc) is 2.29. The Balaban J connectivity index is 3.01. The number of carbonyl (C=O) groups is 2. The Hall–Kier alpha value is -2.04. The third kappa shape index (κ3) is 4.62. The topological polar surface area (TPSA) is 66.8 Å². The molecule has 1 N–H and O–H groups in total. The van der Waals surface area contributed by atoms with Crippen LogP contribution in [0.3, 0.4) is 0 Å². The Labute approximate surface area is 112 Å². The highest BCUT2D eigenvalue weighted by atomic mass is 16.5.